The van der Waals surface area contributed by atoms with Crippen LogP contribution in [0.4, 0.5) is 0 Å². The van der Waals surface area contributed by atoms with E-state index in [1.165, 1.54) is 5.06 Å². The zero-order valence-electron chi connectivity index (χ0n) is 16.7. The third-order valence-corrected chi connectivity index (χ3v) is 5.00. The molecule has 2 aliphatic heterocycles. The van der Waals surface area contributed by atoms with Gasteiger partial charge in [-0.05, 0) is 42.5 Å². The van der Waals surface area contributed by atoms with Gasteiger partial charge in [0.2, 0.25) is 13.1 Å². The fourth-order valence-electron chi connectivity index (χ4n) is 3.44. The normalized spacial score (nSPS) is 19.8. The van der Waals surface area contributed by atoms with E-state index in [9.17, 15) is 4.79 Å². The molecule has 0 N–H and O–H groups in total. The summed E-state index contributed by atoms with van der Waals surface area (Å²) in [6.45, 7) is 0.686. The van der Waals surface area contributed by atoms with E-state index in [1.54, 1.807) is 24.3 Å². The predicted molar refractivity (Wildman–Crippen MR) is 111 cm³/mol. The van der Waals surface area contributed by atoms with Gasteiger partial charge in [-0.1, -0.05) is 36.4 Å². The molecule has 0 bridgehead atoms. The van der Waals surface area contributed by atoms with Crippen LogP contribution >= 0.6 is 0 Å². The molecule has 7 nitrogen and oxygen atoms in total. The Balaban J connectivity index is 1.37. The van der Waals surface area contributed by atoms with Crippen molar-refractivity contribution in [3.05, 3.63) is 90.0 Å². The molecule has 2 aliphatic rings. The van der Waals surface area contributed by atoms with Crippen LogP contribution in [0, 0.1) is 0 Å². The van der Waals surface area contributed by atoms with E-state index in [2.05, 4.69) is 0 Å². The summed E-state index contributed by atoms with van der Waals surface area (Å²) >= 11 is 0. The maximum Gasteiger partial charge on any atom is 0.277 e. The molecule has 0 radical (unpaired) electrons. The summed E-state index contributed by atoms with van der Waals surface area (Å²) in [4.78, 5) is 19.0. The Morgan fingerprint density at radius 1 is 0.935 bits per heavy atom. The maximum absolute atomic E-state index is 13.0. The van der Waals surface area contributed by atoms with Crippen LogP contribution in [0.1, 0.15) is 22.2 Å². The molecule has 0 saturated carbocycles. The van der Waals surface area contributed by atoms with E-state index >= 15 is 0 Å². The first-order valence-corrected chi connectivity index (χ1v) is 10.0. The quantitative estimate of drug-likeness (QED) is 0.624. The summed E-state index contributed by atoms with van der Waals surface area (Å²) in [6, 6.07) is 23.9. The standard InChI is InChI=1S/C24H21NO6/c26-23(17-7-3-1-4-8-17)25-14-20(15-27-19-9-5-2-6-10-19)30-24(31-25)18-11-12-21-22(13-18)29-16-28-21/h1-13,20,24H,14-16H2/t20-,24+/m1/s1. The summed E-state index contributed by atoms with van der Waals surface area (Å²) in [5.74, 6) is 1.78. The number of para-hydroxylation sites is 1. The first kappa shape index (κ1) is 19.4. The third-order valence-electron chi connectivity index (χ3n) is 5.00. The van der Waals surface area contributed by atoms with E-state index in [-0.39, 0.29) is 25.9 Å². The van der Waals surface area contributed by atoms with Gasteiger partial charge in [0, 0.05) is 11.1 Å². The summed E-state index contributed by atoms with van der Waals surface area (Å²) in [5, 5.41) is 1.34. The lowest BCUT2D eigenvalue weighted by Gasteiger charge is -2.37. The highest BCUT2D eigenvalue weighted by Crippen LogP contribution is 2.37. The number of amides is 1. The first-order valence-electron chi connectivity index (χ1n) is 10.0. The molecule has 2 atom stereocenters. The van der Waals surface area contributed by atoms with Crippen molar-refractivity contribution >= 4 is 5.91 Å². The number of nitrogens with zero attached hydrogens (tertiary/aromatic N) is 1. The monoisotopic (exact) mass is 419 g/mol. The van der Waals surface area contributed by atoms with Crippen molar-refractivity contribution in [1.82, 2.24) is 5.06 Å². The summed E-state index contributed by atoms with van der Waals surface area (Å²) in [5.41, 5.74) is 1.26. The largest absolute Gasteiger partial charge is 0.491 e. The highest BCUT2D eigenvalue weighted by Gasteiger charge is 2.34. The molecule has 3 aromatic carbocycles. The molecule has 0 aromatic heterocycles. The lowest BCUT2D eigenvalue weighted by atomic mass is 10.1. The van der Waals surface area contributed by atoms with Gasteiger partial charge in [-0.15, -0.1) is 0 Å². The second kappa shape index (κ2) is 8.67. The lowest BCUT2D eigenvalue weighted by Crippen LogP contribution is -2.47. The number of ether oxygens (including phenoxy) is 4. The van der Waals surface area contributed by atoms with Crippen LogP contribution in [-0.2, 0) is 9.57 Å². The molecule has 158 valence electrons. The molecule has 0 unspecified atom stereocenters. The molecule has 5 rings (SSSR count). The minimum Gasteiger partial charge on any atom is -0.491 e. The highest BCUT2D eigenvalue weighted by atomic mass is 16.8. The van der Waals surface area contributed by atoms with Crippen molar-refractivity contribution in [3.63, 3.8) is 0 Å². The Kier molecular flexibility index (Phi) is 5.43. The van der Waals surface area contributed by atoms with Crippen LogP contribution in [-0.4, -0.2) is 37.0 Å². The van der Waals surface area contributed by atoms with Crippen molar-refractivity contribution in [2.45, 2.75) is 12.4 Å². The van der Waals surface area contributed by atoms with Gasteiger partial charge in [0.25, 0.3) is 5.91 Å². The third kappa shape index (κ3) is 4.33. The van der Waals surface area contributed by atoms with Crippen LogP contribution in [0.25, 0.3) is 0 Å². The molecular formula is C24H21NO6. The summed E-state index contributed by atoms with van der Waals surface area (Å²) < 4.78 is 22.9. The Morgan fingerprint density at radius 3 is 2.48 bits per heavy atom. The van der Waals surface area contributed by atoms with E-state index < -0.39 is 12.4 Å². The van der Waals surface area contributed by atoms with Gasteiger partial charge in [-0.3, -0.25) is 4.79 Å². The number of benzene rings is 3. The zero-order valence-corrected chi connectivity index (χ0v) is 16.7. The molecule has 7 heteroatoms. The van der Waals surface area contributed by atoms with Crippen molar-refractivity contribution in [2.24, 2.45) is 0 Å². The van der Waals surface area contributed by atoms with Crippen molar-refractivity contribution in [1.29, 1.82) is 0 Å². The highest BCUT2D eigenvalue weighted by molar-refractivity contribution is 5.93. The van der Waals surface area contributed by atoms with Crippen LogP contribution in [0.5, 0.6) is 17.2 Å². The molecule has 0 spiro atoms. The van der Waals surface area contributed by atoms with Gasteiger partial charge in [0.05, 0.1) is 6.54 Å². The SMILES string of the molecule is O=C(c1ccccc1)N1C[C@H](COc2ccccc2)O[C@H](c2ccc3c(c2)OCO3)O1. The number of hydrogen-bond acceptors (Lipinski definition) is 6. The number of hydrogen-bond donors (Lipinski definition) is 0. The Labute approximate surface area is 179 Å². The van der Waals surface area contributed by atoms with E-state index in [0.29, 0.717) is 17.1 Å². The zero-order chi connectivity index (χ0) is 21.0. The topological polar surface area (TPSA) is 66.5 Å². The predicted octanol–water partition coefficient (Wildman–Crippen LogP) is 3.97. The Bertz CT molecular complexity index is 1040. The molecule has 2 heterocycles. The molecular weight excluding hydrogens is 398 g/mol. The van der Waals surface area contributed by atoms with E-state index in [1.807, 2.05) is 54.6 Å². The van der Waals surface area contributed by atoms with Crippen LogP contribution in [0.3, 0.4) is 0 Å². The van der Waals surface area contributed by atoms with E-state index in [4.69, 9.17) is 23.8 Å². The number of rotatable bonds is 5. The van der Waals surface area contributed by atoms with Crippen molar-refractivity contribution in [3.8, 4) is 17.2 Å². The molecule has 1 saturated heterocycles. The number of hydroxylamine groups is 2. The summed E-state index contributed by atoms with van der Waals surface area (Å²) in [7, 11) is 0. The average Bonchev–Trinajstić information content (AvgIpc) is 3.31. The number of carbonyl (C=O) groups excluding carboxylic acids is 1. The second-order valence-corrected chi connectivity index (χ2v) is 7.16. The van der Waals surface area contributed by atoms with Gasteiger partial charge < -0.3 is 18.9 Å². The summed E-state index contributed by atoms with van der Waals surface area (Å²) in [6.07, 6.45) is -1.18. The second-order valence-electron chi connectivity index (χ2n) is 7.16. The van der Waals surface area contributed by atoms with Crippen LogP contribution < -0.4 is 14.2 Å². The molecule has 31 heavy (non-hydrogen) atoms. The molecule has 0 aliphatic carbocycles. The first-order chi connectivity index (χ1) is 15.3. The number of carbonyl (C=O) groups is 1. The van der Waals surface area contributed by atoms with E-state index in [0.717, 1.165) is 11.3 Å². The van der Waals surface area contributed by atoms with Gasteiger partial charge >= 0.3 is 0 Å². The number of fused-ring (bicyclic) bond motifs is 1. The van der Waals surface area contributed by atoms with Gasteiger partial charge in [-0.2, -0.15) is 0 Å². The minimum absolute atomic E-state index is 0.178. The maximum atomic E-state index is 13.0. The Morgan fingerprint density at radius 2 is 1.68 bits per heavy atom. The van der Waals surface area contributed by atoms with Crippen LogP contribution in [0.15, 0.2) is 78.9 Å². The van der Waals surface area contributed by atoms with Crippen LogP contribution in [0.2, 0.25) is 0 Å². The minimum atomic E-state index is -0.791. The van der Waals surface area contributed by atoms with Gasteiger partial charge in [0.15, 0.2) is 11.5 Å². The molecule has 1 amide bonds. The molecule has 3 aromatic rings. The van der Waals surface area contributed by atoms with Crippen molar-refractivity contribution < 1.29 is 28.6 Å². The molecule has 1 fully saturated rings. The smallest absolute Gasteiger partial charge is 0.277 e. The average molecular weight is 419 g/mol. The van der Waals surface area contributed by atoms with Crippen molar-refractivity contribution in [2.75, 3.05) is 19.9 Å². The van der Waals surface area contributed by atoms with Gasteiger partial charge in [0.1, 0.15) is 18.5 Å². The van der Waals surface area contributed by atoms with Gasteiger partial charge in [-0.25, -0.2) is 9.90 Å². The fraction of sp³-hybridized carbons (Fsp3) is 0.208. The lowest BCUT2D eigenvalue weighted by molar-refractivity contribution is -0.325. The Hall–Kier alpha value is -3.55. The fourth-order valence-corrected chi connectivity index (χ4v) is 3.44.